The van der Waals surface area contributed by atoms with Gasteiger partial charge < -0.3 is 15.2 Å². The van der Waals surface area contributed by atoms with Crippen LogP contribution in [0.1, 0.15) is 30.0 Å². The lowest BCUT2D eigenvalue weighted by molar-refractivity contribution is -0.146. The van der Waals surface area contributed by atoms with E-state index in [1.165, 1.54) is 12.7 Å². The molecule has 0 saturated heterocycles. The minimum atomic E-state index is -1.01. The van der Waals surface area contributed by atoms with E-state index in [2.05, 4.69) is 17.7 Å². The van der Waals surface area contributed by atoms with Gasteiger partial charge in [0.05, 0.1) is 13.7 Å². The van der Waals surface area contributed by atoms with Gasteiger partial charge in [-0.25, -0.2) is 0 Å². The van der Waals surface area contributed by atoms with Crippen molar-refractivity contribution in [1.82, 2.24) is 0 Å². The maximum absolute atomic E-state index is 11.4. The fraction of sp³-hybridized carbons (Fsp3) is 0.533. The molecule has 1 aromatic rings. The molecule has 0 spiro atoms. The molecule has 0 aliphatic carbocycles. The van der Waals surface area contributed by atoms with Crippen molar-refractivity contribution in [2.24, 2.45) is 5.73 Å². The number of hydrogen-bond donors (Lipinski definition) is 1. The lowest BCUT2D eigenvalue weighted by Crippen LogP contribution is -2.46. The third-order valence-corrected chi connectivity index (χ3v) is 3.29. The van der Waals surface area contributed by atoms with Gasteiger partial charge in [-0.2, -0.15) is 0 Å². The van der Waals surface area contributed by atoms with Crippen molar-refractivity contribution in [3.05, 3.63) is 28.8 Å². The molecule has 1 aromatic carbocycles. The SMILES string of the molecule is COC(=O)C(C)(N)CCOc1cc(C)cc(C)c1C. The highest BCUT2D eigenvalue weighted by molar-refractivity contribution is 5.79. The number of ether oxygens (including phenoxy) is 2. The van der Waals surface area contributed by atoms with Gasteiger partial charge in [-0.05, 0) is 50.5 Å². The van der Waals surface area contributed by atoms with E-state index in [1.54, 1.807) is 6.92 Å². The summed E-state index contributed by atoms with van der Waals surface area (Å²) in [4.78, 5) is 11.4. The first-order valence-electron chi connectivity index (χ1n) is 6.36. The van der Waals surface area contributed by atoms with Gasteiger partial charge in [-0.1, -0.05) is 6.07 Å². The van der Waals surface area contributed by atoms with Gasteiger partial charge in [-0.15, -0.1) is 0 Å². The molecule has 1 atom stereocenters. The summed E-state index contributed by atoms with van der Waals surface area (Å²) in [7, 11) is 1.34. The zero-order valence-corrected chi connectivity index (χ0v) is 12.4. The number of esters is 1. The van der Waals surface area contributed by atoms with Crippen molar-refractivity contribution in [3.63, 3.8) is 0 Å². The normalized spacial score (nSPS) is 13.8. The van der Waals surface area contributed by atoms with E-state index in [0.29, 0.717) is 13.0 Å². The first-order valence-corrected chi connectivity index (χ1v) is 6.36. The minimum absolute atomic E-state index is 0.381. The molecule has 0 bridgehead atoms. The summed E-state index contributed by atoms with van der Waals surface area (Å²) in [5, 5.41) is 0. The molecule has 0 fully saturated rings. The third-order valence-electron chi connectivity index (χ3n) is 3.29. The van der Waals surface area contributed by atoms with Gasteiger partial charge in [0.1, 0.15) is 11.3 Å². The molecule has 0 aliphatic heterocycles. The predicted octanol–water partition coefficient (Wildman–Crippen LogP) is 2.27. The Bertz CT molecular complexity index is 467. The van der Waals surface area contributed by atoms with Crippen molar-refractivity contribution in [3.8, 4) is 5.75 Å². The van der Waals surface area contributed by atoms with Crippen LogP contribution in [0.4, 0.5) is 0 Å². The van der Waals surface area contributed by atoms with Crippen LogP contribution in [0.3, 0.4) is 0 Å². The average molecular weight is 265 g/mol. The van der Waals surface area contributed by atoms with Crippen LogP contribution in [-0.2, 0) is 9.53 Å². The number of benzene rings is 1. The molecule has 0 radical (unpaired) electrons. The number of hydrogen-bond acceptors (Lipinski definition) is 4. The lowest BCUT2D eigenvalue weighted by Gasteiger charge is -2.22. The van der Waals surface area contributed by atoms with Gasteiger partial charge >= 0.3 is 5.97 Å². The molecule has 4 heteroatoms. The third kappa shape index (κ3) is 3.96. The number of carbonyl (C=O) groups excluding carboxylic acids is 1. The highest BCUT2D eigenvalue weighted by Crippen LogP contribution is 2.23. The Hall–Kier alpha value is -1.55. The van der Waals surface area contributed by atoms with Crippen molar-refractivity contribution in [1.29, 1.82) is 0 Å². The van der Waals surface area contributed by atoms with Crippen molar-refractivity contribution < 1.29 is 14.3 Å². The quantitative estimate of drug-likeness (QED) is 0.830. The molecule has 0 heterocycles. The van der Waals surface area contributed by atoms with Gasteiger partial charge in [0.2, 0.25) is 0 Å². The standard InChI is InChI=1S/C15H23NO3/c1-10-8-11(2)12(3)13(9-10)19-7-6-15(4,16)14(17)18-5/h8-9H,6-7,16H2,1-5H3. The zero-order valence-electron chi connectivity index (χ0n) is 12.4. The van der Waals surface area contributed by atoms with Gasteiger partial charge in [0, 0.05) is 6.42 Å². The van der Waals surface area contributed by atoms with Crippen LogP contribution in [0.2, 0.25) is 0 Å². The summed E-state index contributed by atoms with van der Waals surface area (Å²) in [6.45, 7) is 8.13. The van der Waals surface area contributed by atoms with Gasteiger partial charge in [0.15, 0.2) is 0 Å². The number of methoxy groups -OCH3 is 1. The van der Waals surface area contributed by atoms with Crippen molar-refractivity contribution >= 4 is 5.97 Å². The highest BCUT2D eigenvalue weighted by Gasteiger charge is 2.29. The summed E-state index contributed by atoms with van der Waals surface area (Å²) in [5.41, 5.74) is 8.33. The Morgan fingerprint density at radius 2 is 1.95 bits per heavy atom. The first-order chi connectivity index (χ1) is 8.77. The maximum Gasteiger partial charge on any atom is 0.325 e. The van der Waals surface area contributed by atoms with Crippen LogP contribution < -0.4 is 10.5 Å². The van der Waals surface area contributed by atoms with Crippen LogP contribution in [0.25, 0.3) is 0 Å². The van der Waals surface area contributed by atoms with E-state index in [1.807, 2.05) is 19.9 Å². The van der Waals surface area contributed by atoms with E-state index >= 15 is 0 Å². The Kier molecular flexibility index (Phi) is 4.95. The maximum atomic E-state index is 11.4. The first kappa shape index (κ1) is 15.5. The number of nitrogens with two attached hydrogens (primary N) is 1. The second-order valence-corrected chi connectivity index (χ2v) is 5.21. The summed E-state index contributed by atoms with van der Waals surface area (Å²) in [6.07, 6.45) is 0.409. The van der Waals surface area contributed by atoms with Crippen LogP contribution >= 0.6 is 0 Å². The summed E-state index contributed by atoms with van der Waals surface area (Å²) < 4.78 is 10.4. The van der Waals surface area contributed by atoms with Gasteiger partial charge in [-0.3, -0.25) is 4.79 Å². The van der Waals surface area contributed by atoms with Crippen LogP contribution in [0.5, 0.6) is 5.75 Å². The molecule has 1 unspecified atom stereocenters. The second-order valence-electron chi connectivity index (χ2n) is 5.21. The summed E-state index contributed by atoms with van der Waals surface area (Å²) in [6, 6.07) is 4.11. The minimum Gasteiger partial charge on any atom is -0.493 e. The zero-order chi connectivity index (χ0) is 14.6. The Morgan fingerprint density at radius 1 is 1.32 bits per heavy atom. The molecule has 0 aromatic heterocycles. The Labute approximate surface area is 114 Å². The molecule has 106 valence electrons. The van der Waals surface area contributed by atoms with E-state index < -0.39 is 11.5 Å². The van der Waals surface area contributed by atoms with Crippen molar-refractivity contribution in [2.45, 2.75) is 39.7 Å². The molecule has 4 nitrogen and oxygen atoms in total. The van der Waals surface area contributed by atoms with Crippen LogP contribution in [0, 0.1) is 20.8 Å². The molecule has 2 N–H and O–H groups in total. The molecular formula is C15H23NO3. The molecular weight excluding hydrogens is 242 g/mol. The summed E-state index contributed by atoms with van der Waals surface area (Å²) >= 11 is 0. The van der Waals surface area contributed by atoms with E-state index in [9.17, 15) is 4.79 Å². The Morgan fingerprint density at radius 3 is 2.53 bits per heavy atom. The smallest absolute Gasteiger partial charge is 0.325 e. The number of rotatable bonds is 5. The largest absolute Gasteiger partial charge is 0.493 e. The molecule has 19 heavy (non-hydrogen) atoms. The molecule has 0 aliphatic rings. The number of carbonyl (C=O) groups is 1. The lowest BCUT2D eigenvalue weighted by atomic mass is 10.0. The Balaban J connectivity index is 2.66. The molecule has 1 rings (SSSR count). The molecule has 0 saturated carbocycles. The average Bonchev–Trinajstić information content (AvgIpc) is 2.33. The van der Waals surface area contributed by atoms with E-state index in [-0.39, 0.29) is 0 Å². The second kappa shape index (κ2) is 6.06. The number of aryl methyl sites for hydroxylation is 2. The fourth-order valence-corrected chi connectivity index (χ4v) is 1.86. The monoisotopic (exact) mass is 265 g/mol. The van der Waals surface area contributed by atoms with Crippen LogP contribution in [0.15, 0.2) is 12.1 Å². The van der Waals surface area contributed by atoms with E-state index in [4.69, 9.17) is 10.5 Å². The van der Waals surface area contributed by atoms with Gasteiger partial charge in [0.25, 0.3) is 0 Å². The topological polar surface area (TPSA) is 61.5 Å². The summed E-state index contributed by atoms with van der Waals surface area (Å²) in [5.74, 6) is 0.423. The fourth-order valence-electron chi connectivity index (χ4n) is 1.86. The van der Waals surface area contributed by atoms with E-state index in [0.717, 1.165) is 16.9 Å². The van der Waals surface area contributed by atoms with Crippen molar-refractivity contribution in [2.75, 3.05) is 13.7 Å². The highest BCUT2D eigenvalue weighted by atomic mass is 16.5. The molecule has 0 amide bonds. The predicted molar refractivity (Wildman–Crippen MR) is 75.4 cm³/mol. The van der Waals surface area contributed by atoms with Crippen LogP contribution in [-0.4, -0.2) is 25.2 Å².